The average molecular weight is 257 g/mol. The van der Waals surface area contributed by atoms with Crippen LogP contribution >= 0.6 is 0 Å². The Bertz CT molecular complexity index is 528. The number of benzene rings is 1. The molecular formula is C15H19N3O. The van der Waals surface area contributed by atoms with Crippen LogP contribution in [-0.2, 0) is 0 Å². The number of carbonyl (C=O) groups is 1. The molecule has 0 bridgehead atoms. The number of carbonyl (C=O) groups excluding carboxylic acids is 1. The summed E-state index contributed by atoms with van der Waals surface area (Å²) in [6.07, 6.45) is 2.35. The Labute approximate surface area is 114 Å². The maximum Gasteiger partial charge on any atom is 0.321 e. The van der Waals surface area contributed by atoms with E-state index < -0.39 is 0 Å². The van der Waals surface area contributed by atoms with Crippen LogP contribution in [0.15, 0.2) is 24.3 Å². The summed E-state index contributed by atoms with van der Waals surface area (Å²) < 4.78 is 0. The predicted molar refractivity (Wildman–Crippen MR) is 74.7 cm³/mol. The third-order valence-corrected chi connectivity index (χ3v) is 4.19. The average Bonchev–Trinajstić information content (AvgIpc) is 3.16. The first-order valence-electron chi connectivity index (χ1n) is 6.50. The molecule has 4 heteroatoms. The number of hydrogen-bond acceptors (Lipinski definition) is 2. The van der Waals surface area contributed by atoms with Gasteiger partial charge in [-0.15, -0.1) is 0 Å². The molecular weight excluding hydrogens is 238 g/mol. The molecule has 100 valence electrons. The van der Waals surface area contributed by atoms with Crippen molar-refractivity contribution in [1.29, 1.82) is 5.26 Å². The number of nitrogens with zero attached hydrogens (tertiary/aromatic N) is 2. The van der Waals surface area contributed by atoms with Crippen molar-refractivity contribution in [3.05, 3.63) is 29.8 Å². The van der Waals surface area contributed by atoms with E-state index in [2.05, 4.69) is 25.2 Å². The quantitative estimate of drug-likeness (QED) is 0.904. The lowest BCUT2D eigenvalue weighted by Crippen LogP contribution is -2.42. The van der Waals surface area contributed by atoms with Gasteiger partial charge in [-0.25, -0.2) is 4.79 Å². The number of urea groups is 1. The molecule has 1 unspecified atom stereocenters. The molecule has 1 atom stereocenters. The SMILES string of the molecule is CC(N(C)C(=O)Nc1cccc(C#N)c1)C1(C)CC1. The van der Waals surface area contributed by atoms with E-state index in [-0.39, 0.29) is 17.5 Å². The van der Waals surface area contributed by atoms with Gasteiger partial charge in [0.2, 0.25) is 0 Å². The van der Waals surface area contributed by atoms with Crippen molar-refractivity contribution in [2.24, 2.45) is 5.41 Å². The standard InChI is InChI=1S/C15H19N3O/c1-11(15(2)7-8-15)18(3)14(19)17-13-6-4-5-12(9-13)10-16/h4-6,9,11H,7-8H2,1-3H3,(H,17,19). The summed E-state index contributed by atoms with van der Waals surface area (Å²) in [5.41, 5.74) is 1.47. The van der Waals surface area contributed by atoms with Gasteiger partial charge < -0.3 is 10.2 Å². The zero-order chi connectivity index (χ0) is 14.0. The molecule has 1 aromatic rings. The van der Waals surface area contributed by atoms with Crippen LogP contribution in [0.25, 0.3) is 0 Å². The lowest BCUT2D eigenvalue weighted by molar-refractivity contribution is 0.183. The van der Waals surface area contributed by atoms with Crippen molar-refractivity contribution in [3.8, 4) is 6.07 Å². The second kappa shape index (κ2) is 4.93. The van der Waals surface area contributed by atoms with Crippen molar-refractivity contribution < 1.29 is 4.79 Å². The molecule has 1 aromatic carbocycles. The van der Waals surface area contributed by atoms with Crippen molar-refractivity contribution in [3.63, 3.8) is 0 Å². The largest absolute Gasteiger partial charge is 0.324 e. The highest BCUT2D eigenvalue weighted by molar-refractivity contribution is 5.89. The van der Waals surface area contributed by atoms with Crippen LogP contribution < -0.4 is 5.32 Å². The third kappa shape index (κ3) is 2.87. The zero-order valence-electron chi connectivity index (χ0n) is 11.6. The molecule has 2 rings (SSSR count). The number of nitrogens with one attached hydrogen (secondary N) is 1. The third-order valence-electron chi connectivity index (χ3n) is 4.19. The second-order valence-corrected chi connectivity index (χ2v) is 5.56. The van der Waals surface area contributed by atoms with Gasteiger partial charge in [-0.1, -0.05) is 13.0 Å². The molecule has 2 amide bonds. The molecule has 0 aliphatic heterocycles. The van der Waals surface area contributed by atoms with Crippen molar-refractivity contribution >= 4 is 11.7 Å². The molecule has 1 fully saturated rings. The summed E-state index contributed by atoms with van der Waals surface area (Å²) in [7, 11) is 1.82. The first-order chi connectivity index (χ1) is 8.96. The molecule has 1 saturated carbocycles. The van der Waals surface area contributed by atoms with Gasteiger partial charge >= 0.3 is 6.03 Å². The van der Waals surface area contributed by atoms with E-state index >= 15 is 0 Å². The summed E-state index contributed by atoms with van der Waals surface area (Å²) in [5.74, 6) is 0. The highest BCUT2D eigenvalue weighted by Crippen LogP contribution is 2.49. The van der Waals surface area contributed by atoms with E-state index in [4.69, 9.17) is 5.26 Å². The number of amides is 2. The van der Waals surface area contributed by atoms with E-state index in [1.807, 2.05) is 7.05 Å². The Morgan fingerprint density at radius 2 is 2.21 bits per heavy atom. The maximum absolute atomic E-state index is 12.2. The van der Waals surface area contributed by atoms with Crippen LogP contribution in [0.5, 0.6) is 0 Å². The van der Waals surface area contributed by atoms with Crippen molar-refractivity contribution in [2.75, 3.05) is 12.4 Å². The van der Waals surface area contributed by atoms with Gasteiger partial charge in [-0.3, -0.25) is 0 Å². The zero-order valence-corrected chi connectivity index (χ0v) is 11.6. The smallest absolute Gasteiger partial charge is 0.321 e. The number of hydrogen-bond donors (Lipinski definition) is 1. The molecule has 0 radical (unpaired) electrons. The molecule has 19 heavy (non-hydrogen) atoms. The lowest BCUT2D eigenvalue weighted by atomic mass is 10.00. The van der Waals surface area contributed by atoms with E-state index in [1.54, 1.807) is 29.2 Å². The highest BCUT2D eigenvalue weighted by atomic mass is 16.2. The Hall–Kier alpha value is -2.02. The maximum atomic E-state index is 12.2. The molecule has 4 nitrogen and oxygen atoms in total. The van der Waals surface area contributed by atoms with Gasteiger partial charge in [0.25, 0.3) is 0 Å². The minimum Gasteiger partial charge on any atom is -0.324 e. The minimum absolute atomic E-state index is 0.129. The van der Waals surface area contributed by atoms with Crippen LogP contribution in [0.2, 0.25) is 0 Å². The summed E-state index contributed by atoms with van der Waals surface area (Å²) in [6, 6.07) is 9.09. The Morgan fingerprint density at radius 1 is 1.53 bits per heavy atom. The summed E-state index contributed by atoms with van der Waals surface area (Å²) >= 11 is 0. The summed E-state index contributed by atoms with van der Waals surface area (Å²) in [4.78, 5) is 13.9. The first kappa shape index (κ1) is 13.4. The van der Waals surface area contributed by atoms with E-state index in [0.717, 1.165) is 0 Å². The molecule has 0 saturated heterocycles. The first-order valence-corrected chi connectivity index (χ1v) is 6.50. The molecule has 1 aliphatic rings. The molecule has 0 spiro atoms. The Kier molecular flexibility index (Phi) is 3.48. The van der Waals surface area contributed by atoms with Gasteiger partial charge in [-0.05, 0) is 43.4 Å². The monoisotopic (exact) mass is 257 g/mol. The normalized spacial score (nSPS) is 17.2. The van der Waals surface area contributed by atoms with Crippen LogP contribution in [-0.4, -0.2) is 24.0 Å². The second-order valence-electron chi connectivity index (χ2n) is 5.56. The molecule has 0 heterocycles. The Balaban J connectivity index is 2.02. The fraction of sp³-hybridized carbons (Fsp3) is 0.467. The fourth-order valence-electron chi connectivity index (χ4n) is 2.14. The van der Waals surface area contributed by atoms with E-state index in [0.29, 0.717) is 11.3 Å². The molecule has 0 aromatic heterocycles. The van der Waals surface area contributed by atoms with Crippen LogP contribution in [0.1, 0.15) is 32.3 Å². The van der Waals surface area contributed by atoms with Crippen LogP contribution in [0, 0.1) is 16.7 Å². The summed E-state index contributed by atoms with van der Waals surface area (Å²) in [5, 5.41) is 11.7. The van der Waals surface area contributed by atoms with E-state index in [9.17, 15) is 4.79 Å². The highest BCUT2D eigenvalue weighted by Gasteiger charge is 2.45. The Morgan fingerprint density at radius 3 is 2.79 bits per heavy atom. The minimum atomic E-state index is -0.129. The summed E-state index contributed by atoms with van der Waals surface area (Å²) in [6.45, 7) is 4.29. The lowest BCUT2D eigenvalue weighted by Gasteiger charge is -2.30. The number of nitriles is 1. The number of anilines is 1. The van der Waals surface area contributed by atoms with Crippen molar-refractivity contribution in [1.82, 2.24) is 4.90 Å². The topological polar surface area (TPSA) is 56.1 Å². The van der Waals surface area contributed by atoms with Crippen molar-refractivity contribution in [2.45, 2.75) is 32.7 Å². The van der Waals surface area contributed by atoms with Crippen LogP contribution in [0.3, 0.4) is 0 Å². The van der Waals surface area contributed by atoms with Gasteiger partial charge in [0.05, 0.1) is 11.6 Å². The van der Waals surface area contributed by atoms with E-state index in [1.165, 1.54) is 12.8 Å². The number of rotatable bonds is 3. The predicted octanol–water partition coefficient (Wildman–Crippen LogP) is 3.21. The van der Waals surface area contributed by atoms with Gasteiger partial charge in [0, 0.05) is 18.8 Å². The molecule has 1 N–H and O–H groups in total. The van der Waals surface area contributed by atoms with Gasteiger partial charge in [-0.2, -0.15) is 5.26 Å². The van der Waals surface area contributed by atoms with Gasteiger partial charge in [0.1, 0.15) is 0 Å². The fourth-order valence-corrected chi connectivity index (χ4v) is 2.14. The molecule has 1 aliphatic carbocycles. The van der Waals surface area contributed by atoms with Gasteiger partial charge in [0.15, 0.2) is 0 Å². The van der Waals surface area contributed by atoms with Crippen LogP contribution in [0.4, 0.5) is 10.5 Å².